The standard InChI is InChI=1S/C22H27N7O2/c1-4-29-18(15-10-23-14(2)24-11-15)27-17-19(29)25-13-26-20(17)31-16-6-9-28(12-16)21(30)22(3)7-5-8-22/h10-11,13,16H,4-9,12H2,1-3H3. The third kappa shape index (κ3) is 3.41. The highest BCUT2D eigenvalue weighted by Gasteiger charge is 2.43. The molecule has 1 amide bonds. The minimum atomic E-state index is -0.179. The monoisotopic (exact) mass is 421 g/mol. The fraction of sp³-hybridized carbons (Fsp3) is 0.545. The van der Waals surface area contributed by atoms with Crippen LogP contribution in [0.3, 0.4) is 0 Å². The van der Waals surface area contributed by atoms with Gasteiger partial charge in [-0.25, -0.2) is 19.9 Å². The Morgan fingerprint density at radius 2 is 2.00 bits per heavy atom. The van der Waals surface area contributed by atoms with Crippen LogP contribution in [0, 0.1) is 12.3 Å². The number of hydrogen-bond donors (Lipinski definition) is 0. The maximum atomic E-state index is 12.8. The Morgan fingerprint density at radius 1 is 1.23 bits per heavy atom. The molecule has 2 aliphatic rings. The molecule has 1 atom stereocenters. The van der Waals surface area contributed by atoms with Crippen molar-refractivity contribution < 1.29 is 9.53 Å². The summed E-state index contributed by atoms with van der Waals surface area (Å²) in [5.74, 6) is 2.17. The Morgan fingerprint density at radius 3 is 2.68 bits per heavy atom. The number of amides is 1. The van der Waals surface area contributed by atoms with Gasteiger partial charge in [-0.05, 0) is 26.7 Å². The minimum absolute atomic E-state index is 0.0938. The van der Waals surface area contributed by atoms with Crippen LogP contribution in [-0.2, 0) is 11.3 Å². The van der Waals surface area contributed by atoms with Gasteiger partial charge in [0.05, 0.1) is 12.1 Å². The van der Waals surface area contributed by atoms with E-state index in [9.17, 15) is 4.79 Å². The first-order valence-corrected chi connectivity index (χ1v) is 10.9. The average molecular weight is 422 g/mol. The molecule has 1 saturated carbocycles. The number of imidazole rings is 1. The maximum absolute atomic E-state index is 12.8. The fourth-order valence-electron chi connectivity index (χ4n) is 4.50. The van der Waals surface area contributed by atoms with Crippen molar-refractivity contribution in [2.24, 2.45) is 5.41 Å². The molecule has 162 valence electrons. The van der Waals surface area contributed by atoms with E-state index >= 15 is 0 Å². The summed E-state index contributed by atoms with van der Waals surface area (Å²) in [6.07, 6.45) is 8.86. The molecule has 5 rings (SSSR count). The number of likely N-dealkylation sites (tertiary alicyclic amines) is 1. The van der Waals surface area contributed by atoms with Gasteiger partial charge >= 0.3 is 0 Å². The van der Waals surface area contributed by atoms with E-state index < -0.39 is 0 Å². The Hall–Kier alpha value is -3.10. The van der Waals surface area contributed by atoms with Gasteiger partial charge in [-0.15, -0.1) is 0 Å². The van der Waals surface area contributed by atoms with Crippen molar-refractivity contribution >= 4 is 17.1 Å². The molecule has 0 spiro atoms. The van der Waals surface area contributed by atoms with Gasteiger partial charge in [-0.3, -0.25) is 4.79 Å². The molecule has 1 unspecified atom stereocenters. The van der Waals surface area contributed by atoms with Crippen molar-refractivity contribution in [3.8, 4) is 17.3 Å². The Balaban J connectivity index is 1.41. The summed E-state index contributed by atoms with van der Waals surface area (Å²) in [5.41, 5.74) is 1.98. The van der Waals surface area contributed by atoms with E-state index in [2.05, 4.69) is 26.9 Å². The topological polar surface area (TPSA) is 98.9 Å². The number of aromatic nitrogens is 6. The molecule has 3 aromatic rings. The van der Waals surface area contributed by atoms with E-state index in [1.807, 2.05) is 23.3 Å². The van der Waals surface area contributed by atoms with Crippen molar-refractivity contribution in [3.05, 3.63) is 24.5 Å². The average Bonchev–Trinajstić information content (AvgIpc) is 3.37. The third-order valence-electron chi connectivity index (χ3n) is 6.54. The van der Waals surface area contributed by atoms with Crippen LogP contribution in [0.5, 0.6) is 5.88 Å². The van der Waals surface area contributed by atoms with Crippen molar-refractivity contribution in [2.45, 2.75) is 59.1 Å². The predicted octanol–water partition coefficient (Wildman–Crippen LogP) is 2.78. The van der Waals surface area contributed by atoms with Crippen LogP contribution in [0.1, 0.15) is 45.4 Å². The zero-order valence-corrected chi connectivity index (χ0v) is 18.2. The van der Waals surface area contributed by atoms with E-state index in [-0.39, 0.29) is 17.4 Å². The first-order chi connectivity index (χ1) is 15.0. The lowest BCUT2D eigenvalue weighted by atomic mass is 9.69. The highest BCUT2D eigenvalue weighted by Crippen LogP contribution is 2.42. The number of carbonyl (C=O) groups excluding carboxylic acids is 1. The molecular formula is C22H27N7O2. The van der Waals surface area contributed by atoms with Crippen LogP contribution in [0.2, 0.25) is 0 Å². The molecular weight excluding hydrogens is 394 g/mol. The fourth-order valence-corrected chi connectivity index (χ4v) is 4.50. The molecule has 0 radical (unpaired) electrons. The summed E-state index contributed by atoms with van der Waals surface area (Å²) in [5, 5.41) is 0. The summed E-state index contributed by atoms with van der Waals surface area (Å²) < 4.78 is 8.26. The van der Waals surface area contributed by atoms with Gasteiger partial charge in [0.2, 0.25) is 11.8 Å². The lowest BCUT2D eigenvalue weighted by molar-refractivity contribution is -0.145. The van der Waals surface area contributed by atoms with Crippen LogP contribution < -0.4 is 4.74 Å². The smallest absolute Gasteiger partial charge is 0.245 e. The van der Waals surface area contributed by atoms with E-state index in [0.717, 1.165) is 49.3 Å². The molecule has 1 aliphatic carbocycles. The van der Waals surface area contributed by atoms with Crippen LogP contribution in [0.4, 0.5) is 0 Å². The number of hydrogen-bond acceptors (Lipinski definition) is 7. The molecule has 31 heavy (non-hydrogen) atoms. The van der Waals surface area contributed by atoms with Gasteiger partial charge in [0.25, 0.3) is 0 Å². The van der Waals surface area contributed by atoms with Gasteiger partial charge < -0.3 is 14.2 Å². The molecule has 1 saturated heterocycles. The number of carbonyl (C=O) groups is 1. The maximum Gasteiger partial charge on any atom is 0.245 e. The third-order valence-corrected chi connectivity index (χ3v) is 6.54. The summed E-state index contributed by atoms with van der Waals surface area (Å²) in [6.45, 7) is 7.99. The zero-order valence-electron chi connectivity index (χ0n) is 18.2. The lowest BCUT2D eigenvalue weighted by Crippen LogP contribution is -2.45. The van der Waals surface area contributed by atoms with Gasteiger partial charge in [-0.1, -0.05) is 13.3 Å². The van der Waals surface area contributed by atoms with Crippen LogP contribution in [0.15, 0.2) is 18.7 Å². The van der Waals surface area contributed by atoms with Gasteiger partial charge in [0.1, 0.15) is 24.1 Å². The summed E-state index contributed by atoms with van der Waals surface area (Å²) in [6, 6.07) is 0. The van der Waals surface area contributed by atoms with E-state index in [1.165, 1.54) is 6.33 Å². The quantitative estimate of drug-likeness (QED) is 0.624. The second-order valence-corrected chi connectivity index (χ2v) is 8.74. The first-order valence-electron chi connectivity index (χ1n) is 10.9. The molecule has 2 fully saturated rings. The molecule has 3 aromatic heterocycles. The van der Waals surface area contributed by atoms with Crippen LogP contribution >= 0.6 is 0 Å². The van der Waals surface area contributed by atoms with Gasteiger partial charge in [-0.2, -0.15) is 4.98 Å². The van der Waals surface area contributed by atoms with Crippen molar-refractivity contribution in [2.75, 3.05) is 13.1 Å². The van der Waals surface area contributed by atoms with Crippen molar-refractivity contribution in [1.29, 1.82) is 0 Å². The van der Waals surface area contributed by atoms with Crippen LogP contribution in [0.25, 0.3) is 22.6 Å². The molecule has 0 aromatic carbocycles. The largest absolute Gasteiger partial charge is 0.471 e. The number of rotatable bonds is 5. The van der Waals surface area contributed by atoms with Gasteiger partial charge in [0.15, 0.2) is 11.2 Å². The highest BCUT2D eigenvalue weighted by atomic mass is 16.5. The Bertz CT molecular complexity index is 1120. The van der Waals surface area contributed by atoms with Crippen molar-refractivity contribution in [1.82, 2.24) is 34.4 Å². The molecule has 9 heteroatoms. The normalized spacial score (nSPS) is 20.1. The SMILES string of the molecule is CCn1c(-c2cnc(C)nc2)nc2c(OC3CCN(C(=O)C4(C)CCC4)C3)ncnc21. The second kappa shape index (κ2) is 7.55. The Kier molecular flexibility index (Phi) is 4.83. The number of fused-ring (bicyclic) bond motifs is 1. The number of nitrogens with zero attached hydrogens (tertiary/aromatic N) is 7. The lowest BCUT2D eigenvalue weighted by Gasteiger charge is -2.39. The predicted molar refractivity (Wildman–Crippen MR) is 114 cm³/mol. The number of aryl methyl sites for hydroxylation is 2. The van der Waals surface area contributed by atoms with Gasteiger partial charge in [0, 0.05) is 37.3 Å². The molecule has 9 nitrogen and oxygen atoms in total. The second-order valence-electron chi connectivity index (χ2n) is 8.74. The van der Waals surface area contributed by atoms with Crippen LogP contribution in [-0.4, -0.2) is 59.5 Å². The zero-order chi connectivity index (χ0) is 21.6. The van der Waals surface area contributed by atoms with E-state index in [1.54, 1.807) is 12.4 Å². The van der Waals surface area contributed by atoms with E-state index in [0.29, 0.717) is 30.3 Å². The first kappa shape index (κ1) is 19.8. The summed E-state index contributed by atoms with van der Waals surface area (Å²) in [4.78, 5) is 37.0. The van der Waals surface area contributed by atoms with Crippen molar-refractivity contribution in [3.63, 3.8) is 0 Å². The molecule has 0 bridgehead atoms. The minimum Gasteiger partial charge on any atom is -0.471 e. The molecule has 4 heterocycles. The van der Waals surface area contributed by atoms with E-state index in [4.69, 9.17) is 9.72 Å². The Labute approximate surface area is 180 Å². The molecule has 0 N–H and O–H groups in total. The summed E-state index contributed by atoms with van der Waals surface area (Å²) in [7, 11) is 0. The molecule has 1 aliphatic heterocycles. The highest BCUT2D eigenvalue weighted by molar-refractivity contribution is 5.83. The number of ether oxygens (including phenoxy) is 1. The summed E-state index contributed by atoms with van der Waals surface area (Å²) >= 11 is 0.